The molecule has 6 nitrogen and oxygen atoms in total. The van der Waals surface area contributed by atoms with Crippen LogP contribution in [0.2, 0.25) is 0 Å². The Morgan fingerprint density at radius 2 is 0.895 bits per heavy atom. The zero-order valence-electron chi connectivity index (χ0n) is 30.4. The van der Waals surface area contributed by atoms with E-state index in [0.29, 0.717) is 17.5 Å². The molecule has 266 valence electrons. The highest BCUT2D eigenvalue weighted by atomic mass is 16.3. The van der Waals surface area contributed by atoms with Crippen LogP contribution in [0, 0.1) is 0 Å². The molecule has 0 N–H and O–H groups in total. The molecule has 12 aromatic rings. The molecule has 0 radical (unpaired) electrons. The lowest BCUT2D eigenvalue weighted by Gasteiger charge is -2.09. The van der Waals surface area contributed by atoms with Crippen LogP contribution in [0.4, 0.5) is 0 Å². The summed E-state index contributed by atoms with van der Waals surface area (Å²) in [6, 6.07) is 62.6. The monoisotopic (exact) mass is 730 g/mol. The van der Waals surface area contributed by atoms with Gasteiger partial charge in [0.05, 0.1) is 16.7 Å². The third kappa shape index (κ3) is 4.87. The van der Waals surface area contributed by atoms with Gasteiger partial charge in [0.15, 0.2) is 23.1 Å². The van der Waals surface area contributed by atoms with Gasteiger partial charge in [-0.1, -0.05) is 140 Å². The molecule has 8 aromatic carbocycles. The minimum atomic E-state index is 0.585. The maximum Gasteiger partial charge on any atom is 0.164 e. The van der Waals surface area contributed by atoms with E-state index in [1.54, 1.807) is 0 Å². The smallest absolute Gasteiger partial charge is 0.164 e. The molecule has 0 bridgehead atoms. The molecule has 0 aliphatic heterocycles. The van der Waals surface area contributed by atoms with Gasteiger partial charge in [-0.2, -0.15) is 0 Å². The van der Waals surface area contributed by atoms with Gasteiger partial charge < -0.3 is 13.4 Å². The number of para-hydroxylation sites is 3. The van der Waals surface area contributed by atoms with Gasteiger partial charge in [-0.05, 0) is 53.6 Å². The first-order chi connectivity index (χ1) is 28.3. The van der Waals surface area contributed by atoms with E-state index in [0.717, 1.165) is 88.4 Å². The first-order valence-corrected chi connectivity index (χ1v) is 19.0. The summed E-state index contributed by atoms with van der Waals surface area (Å²) in [5.41, 5.74) is 11.4. The number of furan rings is 2. The molecule has 0 saturated heterocycles. The summed E-state index contributed by atoms with van der Waals surface area (Å²) in [4.78, 5) is 15.1. The zero-order chi connectivity index (χ0) is 37.5. The van der Waals surface area contributed by atoms with Crippen molar-refractivity contribution in [2.24, 2.45) is 0 Å². The highest BCUT2D eigenvalue weighted by Gasteiger charge is 2.21. The first kappa shape index (κ1) is 31.5. The summed E-state index contributed by atoms with van der Waals surface area (Å²) in [5.74, 6) is 1.81. The van der Waals surface area contributed by atoms with Crippen LogP contribution >= 0.6 is 0 Å². The Kier molecular flexibility index (Phi) is 6.83. The summed E-state index contributed by atoms with van der Waals surface area (Å²) in [6.45, 7) is 0. The van der Waals surface area contributed by atoms with Crippen LogP contribution < -0.4 is 0 Å². The maximum absolute atomic E-state index is 6.82. The van der Waals surface area contributed by atoms with Crippen LogP contribution in [0.15, 0.2) is 191 Å². The summed E-state index contributed by atoms with van der Waals surface area (Å²) in [5, 5.41) is 6.50. The van der Waals surface area contributed by atoms with Gasteiger partial charge in [0.1, 0.15) is 16.7 Å². The highest BCUT2D eigenvalue weighted by Crippen LogP contribution is 2.43. The predicted octanol–water partition coefficient (Wildman–Crippen LogP) is 13.4. The molecular weight excluding hydrogens is 701 g/mol. The molecule has 0 fully saturated rings. The molecule has 57 heavy (non-hydrogen) atoms. The van der Waals surface area contributed by atoms with Crippen molar-refractivity contribution in [3.63, 3.8) is 0 Å². The lowest BCUT2D eigenvalue weighted by atomic mass is 9.97. The van der Waals surface area contributed by atoms with E-state index in [-0.39, 0.29) is 0 Å². The van der Waals surface area contributed by atoms with Gasteiger partial charge in [-0.3, -0.25) is 0 Å². The van der Waals surface area contributed by atoms with Crippen LogP contribution in [0.25, 0.3) is 117 Å². The van der Waals surface area contributed by atoms with E-state index in [4.69, 9.17) is 23.8 Å². The van der Waals surface area contributed by atoms with E-state index in [1.807, 2.05) is 72.8 Å². The quantitative estimate of drug-likeness (QED) is 0.176. The fraction of sp³-hybridized carbons (Fsp3) is 0. The number of nitrogens with zero attached hydrogens (tertiary/aromatic N) is 4. The minimum absolute atomic E-state index is 0.585. The average molecular weight is 731 g/mol. The summed E-state index contributed by atoms with van der Waals surface area (Å²) >= 11 is 0. The first-order valence-electron chi connectivity index (χ1n) is 19.0. The van der Waals surface area contributed by atoms with E-state index in [2.05, 4.69) is 114 Å². The minimum Gasteiger partial charge on any atom is -0.456 e. The second-order valence-electron chi connectivity index (χ2n) is 14.3. The lowest BCUT2D eigenvalue weighted by Crippen LogP contribution is -2.00. The summed E-state index contributed by atoms with van der Waals surface area (Å²) in [7, 11) is 0. The van der Waals surface area contributed by atoms with Crippen molar-refractivity contribution < 1.29 is 8.83 Å². The van der Waals surface area contributed by atoms with Gasteiger partial charge >= 0.3 is 0 Å². The molecule has 0 aliphatic rings. The standard InChI is InChI=1S/C51H30N4O2/c1-3-14-31(15-4-1)49-52-50(32-16-5-2-6-17-32)54-51(53-49)38-22-13-26-44-47(38)39-30-33(28-29-43(39)56-44)34-20-12-27-45-46(34)37-21-11-25-42(48(37)57-45)55-40-23-9-7-18-35(40)36-19-8-10-24-41(36)55/h1-30H. The van der Waals surface area contributed by atoms with E-state index in [9.17, 15) is 0 Å². The van der Waals surface area contributed by atoms with Crippen molar-refractivity contribution in [1.29, 1.82) is 0 Å². The molecule has 0 atom stereocenters. The molecule has 0 saturated carbocycles. The van der Waals surface area contributed by atoms with Gasteiger partial charge in [0.25, 0.3) is 0 Å². The van der Waals surface area contributed by atoms with Crippen LogP contribution in [-0.2, 0) is 0 Å². The van der Waals surface area contributed by atoms with Gasteiger partial charge in [-0.25, -0.2) is 15.0 Å². The van der Waals surface area contributed by atoms with Crippen molar-refractivity contribution >= 4 is 65.7 Å². The van der Waals surface area contributed by atoms with Crippen molar-refractivity contribution in [2.45, 2.75) is 0 Å². The fourth-order valence-corrected chi connectivity index (χ4v) is 8.54. The molecule has 12 rings (SSSR count). The number of fused-ring (bicyclic) bond motifs is 9. The normalized spacial score (nSPS) is 11.9. The number of rotatable bonds is 5. The maximum atomic E-state index is 6.82. The summed E-state index contributed by atoms with van der Waals surface area (Å²) in [6.07, 6.45) is 0. The number of hydrogen-bond acceptors (Lipinski definition) is 5. The van der Waals surface area contributed by atoms with Crippen LogP contribution in [0.5, 0.6) is 0 Å². The molecule has 0 unspecified atom stereocenters. The molecule has 0 aliphatic carbocycles. The summed E-state index contributed by atoms with van der Waals surface area (Å²) < 4.78 is 15.7. The van der Waals surface area contributed by atoms with Crippen LogP contribution in [0.3, 0.4) is 0 Å². The van der Waals surface area contributed by atoms with Gasteiger partial charge in [0.2, 0.25) is 0 Å². The van der Waals surface area contributed by atoms with Crippen LogP contribution in [0.1, 0.15) is 0 Å². The Labute approximate surface area is 325 Å². The topological polar surface area (TPSA) is 69.9 Å². The largest absolute Gasteiger partial charge is 0.456 e. The Bertz CT molecular complexity index is 3410. The Morgan fingerprint density at radius 3 is 1.58 bits per heavy atom. The second-order valence-corrected chi connectivity index (χ2v) is 14.3. The lowest BCUT2D eigenvalue weighted by molar-refractivity contribution is 0.666. The van der Waals surface area contributed by atoms with E-state index < -0.39 is 0 Å². The molecule has 4 heterocycles. The Morgan fingerprint density at radius 1 is 0.351 bits per heavy atom. The van der Waals surface area contributed by atoms with Gasteiger partial charge in [-0.15, -0.1) is 0 Å². The SMILES string of the molecule is c1ccc(-c2nc(-c3ccccc3)nc(-c3cccc4oc5ccc(-c6cccc7oc8c(-n9c%10ccccc%10c%10ccccc%109)cccc8c67)cc5c34)n2)cc1. The third-order valence-corrected chi connectivity index (χ3v) is 11.1. The van der Waals surface area contributed by atoms with Crippen molar-refractivity contribution in [3.05, 3.63) is 182 Å². The molecule has 4 aromatic heterocycles. The number of benzene rings is 8. The average Bonchev–Trinajstić information content (AvgIpc) is 3.96. The Hall–Kier alpha value is -7.83. The van der Waals surface area contributed by atoms with Crippen LogP contribution in [-0.4, -0.2) is 19.5 Å². The fourth-order valence-electron chi connectivity index (χ4n) is 8.54. The molecule has 0 amide bonds. The molecule has 0 spiro atoms. The van der Waals surface area contributed by atoms with E-state index in [1.165, 1.54) is 10.8 Å². The second kappa shape index (κ2) is 12.3. The van der Waals surface area contributed by atoms with E-state index >= 15 is 0 Å². The Balaban J connectivity index is 1.06. The predicted molar refractivity (Wildman–Crippen MR) is 230 cm³/mol. The molecule has 6 heteroatoms. The number of hydrogen-bond donors (Lipinski definition) is 0. The van der Waals surface area contributed by atoms with Crippen molar-refractivity contribution in [3.8, 4) is 51.0 Å². The van der Waals surface area contributed by atoms with Gasteiger partial charge in [0, 0.05) is 49.0 Å². The highest BCUT2D eigenvalue weighted by molar-refractivity contribution is 6.18. The molecular formula is C51H30N4O2. The zero-order valence-corrected chi connectivity index (χ0v) is 30.4. The van der Waals surface area contributed by atoms with Crippen molar-refractivity contribution in [2.75, 3.05) is 0 Å². The van der Waals surface area contributed by atoms with Crippen molar-refractivity contribution in [1.82, 2.24) is 19.5 Å². The third-order valence-electron chi connectivity index (χ3n) is 11.1. The number of aromatic nitrogens is 4.